The number of rotatable bonds is 2. The predicted octanol–water partition coefficient (Wildman–Crippen LogP) is 10.7. The molecule has 2 heterocycles. The minimum atomic E-state index is 0.921. The second-order valence-electron chi connectivity index (χ2n) is 10.5. The Kier molecular flexibility index (Phi) is 4.36. The van der Waals surface area contributed by atoms with Gasteiger partial charge in [0.2, 0.25) is 0 Å². The molecule has 186 valence electrons. The normalized spacial score (nSPS) is 12.0. The first-order valence-corrected chi connectivity index (χ1v) is 13.7. The van der Waals surface area contributed by atoms with Crippen molar-refractivity contribution in [2.24, 2.45) is 0 Å². The monoisotopic (exact) mass is 509 g/mol. The molecule has 0 saturated carbocycles. The van der Waals surface area contributed by atoms with Gasteiger partial charge >= 0.3 is 0 Å². The van der Waals surface area contributed by atoms with Crippen LogP contribution in [0.5, 0.6) is 0 Å². The number of nitrogens with zero attached hydrogens (tertiary/aromatic N) is 1. The van der Waals surface area contributed by atoms with E-state index in [0.29, 0.717) is 0 Å². The van der Waals surface area contributed by atoms with E-state index < -0.39 is 0 Å². The molecule has 0 aliphatic rings. The molecule has 0 bridgehead atoms. The predicted molar refractivity (Wildman–Crippen MR) is 169 cm³/mol. The summed E-state index contributed by atoms with van der Waals surface area (Å²) in [5, 5.41) is 9.78. The molecule has 2 aromatic heterocycles. The van der Waals surface area contributed by atoms with Gasteiger partial charge < -0.3 is 8.98 Å². The second-order valence-corrected chi connectivity index (χ2v) is 10.5. The van der Waals surface area contributed by atoms with Crippen LogP contribution in [0.3, 0.4) is 0 Å². The molecule has 0 unspecified atom stereocenters. The highest BCUT2D eigenvalue weighted by Crippen LogP contribution is 2.46. The van der Waals surface area contributed by atoms with Crippen molar-refractivity contribution in [3.8, 4) is 16.8 Å². The van der Waals surface area contributed by atoms with E-state index in [4.69, 9.17) is 4.42 Å². The lowest BCUT2D eigenvalue weighted by Crippen LogP contribution is -1.99. The first-order valence-electron chi connectivity index (χ1n) is 13.7. The lowest BCUT2D eigenvalue weighted by molar-refractivity contribution is 0.669. The van der Waals surface area contributed by atoms with Crippen LogP contribution in [0, 0.1) is 0 Å². The second kappa shape index (κ2) is 8.08. The zero-order chi connectivity index (χ0) is 26.2. The van der Waals surface area contributed by atoms with Gasteiger partial charge in [0, 0.05) is 32.3 Å². The van der Waals surface area contributed by atoms with E-state index >= 15 is 0 Å². The molecule has 0 atom stereocenters. The van der Waals surface area contributed by atoms with E-state index in [1.807, 2.05) is 6.07 Å². The van der Waals surface area contributed by atoms with Crippen molar-refractivity contribution in [1.29, 1.82) is 0 Å². The molecule has 2 heteroatoms. The van der Waals surface area contributed by atoms with Crippen LogP contribution in [0.1, 0.15) is 0 Å². The number of hydrogen-bond acceptors (Lipinski definition) is 1. The smallest absolute Gasteiger partial charge is 0.136 e. The summed E-state index contributed by atoms with van der Waals surface area (Å²) in [4.78, 5) is 0. The molecule has 0 aliphatic carbocycles. The number of benzene rings is 7. The lowest BCUT2D eigenvalue weighted by Gasteiger charge is -2.19. The fraction of sp³-hybridized carbons (Fsp3) is 0. The van der Waals surface area contributed by atoms with E-state index in [2.05, 4.69) is 138 Å². The summed E-state index contributed by atoms with van der Waals surface area (Å²) in [5.74, 6) is 0. The number of aromatic nitrogens is 1. The minimum Gasteiger partial charge on any atom is -0.456 e. The Hall–Kier alpha value is -5.34. The van der Waals surface area contributed by atoms with Crippen molar-refractivity contribution < 1.29 is 4.42 Å². The van der Waals surface area contributed by atoms with E-state index in [1.165, 1.54) is 65.6 Å². The number of furan rings is 1. The van der Waals surface area contributed by atoms with Crippen LogP contribution in [-0.2, 0) is 0 Å². The molecular formula is C38H23NO. The van der Waals surface area contributed by atoms with Gasteiger partial charge in [-0.25, -0.2) is 0 Å². The van der Waals surface area contributed by atoms with Gasteiger partial charge in [-0.15, -0.1) is 0 Å². The summed E-state index contributed by atoms with van der Waals surface area (Å²) >= 11 is 0. The van der Waals surface area contributed by atoms with Gasteiger partial charge in [0.1, 0.15) is 11.2 Å². The molecule has 0 saturated heterocycles. The number of hydrogen-bond donors (Lipinski definition) is 0. The minimum absolute atomic E-state index is 0.921. The Morgan fingerprint density at radius 2 is 0.950 bits per heavy atom. The third-order valence-electron chi connectivity index (χ3n) is 8.37. The number of fused-ring (bicyclic) bond motifs is 9. The molecule has 9 rings (SSSR count). The molecule has 0 fully saturated rings. The van der Waals surface area contributed by atoms with Gasteiger partial charge in [-0.3, -0.25) is 0 Å². The fourth-order valence-corrected chi connectivity index (χ4v) is 6.78. The van der Waals surface area contributed by atoms with Crippen molar-refractivity contribution in [2.45, 2.75) is 0 Å². The molecule has 0 amide bonds. The average molecular weight is 510 g/mol. The topological polar surface area (TPSA) is 18.1 Å². The Morgan fingerprint density at radius 1 is 0.375 bits per heavy atom. The van der Waals surface area contributed by atoms with Gasteiger partial charge in [-0.05, 0) is 46.2 Å². The Morgan fingerprint density at radius 3 is 1.68 bits per heavy atom. The van der Waals surface area contributed by atoms with Crippen LogP contribution < -0.4 is 0 Å². The van der Waals surface area contributed by atoms with Crippen molar-refractivity contribution in [3.05, 3.63) is 140 Å². The van der Waals surface area contributed by atoms with Gasteiger partial charge in [0.05, 0.1) is 16.7 Å². The van der Waals surface area contributed by atoms with Crippen LogP contribution in [0.2, 0.25) is 0 Å². The molecule has 40 heavy (non-hydrogen) atoms. The van der Waals surface area contributed by atoms with Gasteiger partial charge in [0.15, 0.2) is 0 Å². The standard InChI is InChI=1S/C38H23NO/c1-2-12-24(13-3-1)35-25-14-4-6-16-27(25)38(28-17-7-5-15-26(28)35)39-31-20-10-8-18-29(31)36-32(39)22-23-34-37(36)30-19-9-11-21-33(30)40-34/h1-23H. The molecular weight excluding hydrogens is 486 g/mol. The summed E-state index contributed by atoms with van der Waals surface area (Å²) in [7, 11) is 0. The number of para-hydroxylation sites is 2. The van der Waals surface area contributed by atoms with E-state index in [1.54, 1.807) is 0 Å². The van der Waals surface area contributed by atoms with Crippen LogP contribution >= 0.6 is 0 Å². The molecule has 2 nitrogen and oxygen atoms in total. The van der Waals surface area contributed by atoms with Crippen LogP contribution in [0.25, 0.3) is 82.1 Å². The summed E-state index contributed by atoms with van der Waals surface area (Å²) < 4.78 is 8.80. The lowest BCUT2D eigenvalue weighted by atomic mass is 9.90. The highest BCUT2D eigenvalue weighted by Gasteiger charge is 2.22. The Bertz CT molecular complexity index is 2370. The zero-order valence-corrected chi connectivity index (χ0v) is 21.6. The highest BCUT2D eigenvalue weighted by atomic mass is 16.3. The summed E-state index contributed by atoms with van der Waals surface area (Å²) in [6.07, 6.45) is 0. The maximum atomic E-state index is 6.32. The molecule has 0 radical (unpaired) electrons. The SMILES string of the molecule is c1ccc(-c2c3ccccc3c(-n3c4ccccc4c4c5c(ccc43)oc3ccccc35)c3ccccc23)cc1. The van der Waals surface area contributed by atoms with Crippen molar-refractivity contribution in [2.75, 3.05) is 0 Å². The molecule has 0 aliphatic heterocycles. The van der Waals surface area contributed by atoms with E-state index in [0.717, 1.165) is 16.6 Å². The van der Waals surface area contributed by atoms with E-state index in [9.17, 15) is 0 Å². The van der Waals surface area contributed by atoms with Gasteiger partial charge in [0.25, 0.3) is 0 Å². The van der Waals surface area contributed by atoms with Crippen LogP contribution in [0.4, 0.5) is 0 Å². The summed E-state index contributed by atoms with van der Waals surface area (Å²) in [6.45, 7) is 0. The first-order chi connectivity index (χ1) is 19.9. The van der Waals surface area contributed by atoms with E-state index in [-0.39, 0.29) is 0 Å². The first kappa shape index (κ1) is 21.6. The quantitative estimate of drug-likeness (QED) is 0.212. The fourth-order valence-electron chi connectivity index (χ4n) is 6.78. The zero-order valence-electron chi connectivity index (χ0n) is 21.6. The van der Waals surface area contributed by atoms with Crippen molar-refractivity contribution in [1.82, 2.24) is 4.57 Å². The Labute approximate surface area is 230 Å². The summed E-state index contributed by atoms with van der Waals surface area (Å²) in [5.41, 5.74) is 7.94. The molecule has 7 aromatic carbocycles. The largest absolute Gasteiger partial charge is 0.456 e. The molecule has 0 N–H and O–H groups in total. The van der Waals surface area contributed by atoms with Crippen LogP contribution in [0.15, 0.2) is 144 Å². The summed E-state index contributed by atoms with van der Waals surface area (Å²) in [6, 6.07) is 50.0. The van der Waals surface area contributed by atoms with Gasteiger partial charge in [-0.2, -0.15) is 0 Å². The van der Waals surface area contributed by atoms with Crippen molar-refractivity contribution in [3.63, 3.8) is 0 Å². The molecule has 9 aromatic rings. The third kappa shape index (κ3) is 2.82. The maximum absolute atomic E-state index is 6.32. The molecule has 0 spiro atoms. The Balaban J connectivity index is 1.53. The van der Waals surface area contributed by atoms with Crippen LogP contribution in [-0.4, -0.2) is 4.57 Å². The average Bonchev–Trinajstić information content (AvgIpc) is 3.56. The third-order valence-corrected chi connectivity index (χ3v) is 8.37. The highest BCUT2D eigenvalue weighted by molar-refractivity contribution is 6.28. The maximum Gasteiger partial charge on any atom is 0.136 e. The van der Waals surface area contributed by atoms with Gasteiger partial charge in [-0.1, -0.05) is 115 Å². The van der Waals surface area contributed by atoms with Crippen molar-refractivity contribution >= 4 is 65.3 Å².